The normalized spacial score (nSPS) is 11.4. The van der Waals surface area contributed by atoms with Gasteiger partial charge in [0.15, 0.2) is 0 Å². The lowest BCUT2D eigenvalue weighted by Crippen LogP contribution is -2.35. The van der Waals surface area contributed by atoms with Crippen LogP contribution < -0.4 is 10.2 Å². The fourth-order valence-corrected chi connectivity index (χ4v) is 2.27. The molecule has 4 heteroatoms. The van der Waals surface area contributed by atoms with Crippen molar-refractivity contribution in [2.45, 2.75) is 20.4 Å². The van der Waals surface area contributed by atoms with Crippen LogP contribution in [-0.4, -0.2) is 45.7 Å². The molecule has 0 radical (unpaired) electrons. The SMILES string of the molecule is CNCc1cc(F)ccc1N(CCN(C)C)CC(C)C. The summed E-state index contributed by atoms with van der Waals surface area (Å²) in [6.07, 6.45) is 0. The molecule has 0 aliphatic carbocycles. The van der Waals surface area contributed by atoms with Crippen LogP contribution in [0.2, 0.25) is 0 Å². The van der Waals surface area contributed by atoms with Crippen LogP contribution in [0.1, 0.15) is 19.4 Å². The van der Waals surface area contributed by atoms with Crippen LogP contribution in [0.4, 0.5) is 10.1 Å². The van der Waals surface area contributed by atoms with Crippen LogP contribution in [-0.2, 0) is 6.54 Å². The monoisotopic (exact) mass is 281 g/mol. The maximum absolute atomic E-state index is 13.5. The average molecular weight is 281 g/mol. The summed E-state index contributed by atoms with van der Waals surface area (Å²) in [6.45, 7) is 8.03. The van der Waals surface area contributed by atoms with E-state index >= 15 is 0 Å². The quantitative estimate of drug-likeness (QED) is 0.790. The van der Waals surface area contributed by atoms with Gasteiger partial charge < -0.3 is 15.1 Å². The van der Waals surface area contributed by atoms with Crippen molar-refractivity contribution in [2.24, 2.45) is 5.92 Å². The molecule has 0 unspecified atom stereocenters. The molecule has 0 saturated carbocycles. The summed E-state index contributed by atoms with van der Waals surface area (Å²) in [5, 5.41) is 3.12. The molecule has 1 aromatic carbocycles. The molecular formula is C16H28FN3. The van der Waals surface area contributed by atoms with Crippen molar-refractivity contribution < 1.29 is 4.39 Å². The maximum atomic E-state index is 13.5. The van der Waals surface area contributed by atoms with Crippen molar-refractivity contribution in [3.05, 3.63) is 29.6 Å². The number of hydrogen-bond acceptors (Lipinski definition) is 3. The van der Waals surface area contributed by atoms with E-state index in [9.17, 15) is 4.39 Å². The van der Waals surface area contributed by atoms with Crippen molar-refractivity contribution >= 4 is 5.69 Å². The van der Waals surface area contributed by atoms with E-state index in [4.69, 9.17) is 0 Å². The molecule has 0 heterocycles. The zero-order valence-corrected chi connectivity index (χ0v) is 13.4. The number of benzene rings is 1. The molecule has 0 saturated heterocycles. The Balaban J connectivity index is 2.98. The molecule has 0 spiro atoms. The van der Waals surface area contributed by atoms with Gasteiger partial charge in [0.05, 0.1) is 0 Å². The number of anilines is 1. The van der Waals surface area contributed by atoms with Gasteiger partial charge in [0.25, 0.3) is 0 Å². The number of halogens is 1. The van der Waals surface area contributed by atoms with Gasteiger partial charge in [-0.1, -0.05) is 13.8 Å². The molecule has 0 fully saturated rings. The smallest absolute Gasteiger partial charge is 0.123 e. The summed E-state index contributed by atoms with van der Waals surface area (Å²) in [5.74, 6) is 0.403. The van der Waals surface area contributed by atoms with Gasteiger partial charge in [-0.3, -0.25) is 0 Å². The van der Waals surface area contributed by atoms with Gasteiger partial charge in [-0.2, -0.15) is 0 Å². The van der Waals surface area contributed by atoms with Gasteiger partial charge in [-0.05, 0) is 50.8 Å². The fraction of sp³-hybridized carbons (Fsp3) is 0.625. The van der Waals surface area contributed by atoms with Crippen molar-refractivity contribution in [2.75, 3.05) is 45.7 Å². The van der Waals surface area contributed by atoms with Gasteiger partial charge >= 0.3 is 0 Å². The zero-order valence-electron chi connectivity index (χ0n) is 13.4. The standard InChI is InChI=1S/C16H28FN3/c1-13(2)12-20(9-8-19(4)5)16-7-6-15(17)10-14(16)11-18-3/h6-7,10,13,18H,8-9,11-12H2,1-5H3. The Morgan fingerprint density at radius 1 is 1.20 bits per heavy atom. The molecule has 0 aromatic heterocycles. The summed E-state index contributed by atoms with van der Waals surface area (Å²) < 4.78 is 13.5. The highest BCUT2D eigenvalue weighted by atomic mass is 19.1. The number of hydrogen-bond donors (Lipinski definition) is 1. The third-order valence-electron chi connectivity index (χ3n) is 3.15. The van der Waals surface area contributed by atoms with E-state index in [0.717, 1.165) is 30.9 Å². The molecule has 0 aliphatic heterocycles. The lowest BCUT2D eigenvalue weighted by Gasteiger charge is -2.30. The van der Waals surface area contributed by atoms with Crippen molar-refractivity contribution in [1.29, 1.82) is 0 Å². The summed E-state index contributed by atoms with van der Waals surface area (Å²) in [7, 11) is 6.04. The van der Waals surface area contributed by atoms with E-state index in [1.165, 1.54) is 0 Å². The number of rotatable bonds is 8. The predicted molar refractivity (Wildman–Crippen MR) is 84.8 cm³/mol. The van der Waals surface area contributed by atoms with Crippen molar-refractivity contribution in [3.8, 4) is 0 Å². The van der Waals surface area contributed by atoms with Crippen LogP contribution in [0.5, 0.6) is 0 Å². The second kappa shape index (κ2) is 8.22. The molecule has 0 aliphatic rings. The van der Waals surface area contributed by atoms with Crippen LogP contribution in [0.3, 0.4) is 0 Å². The van der Waals surface area contributed by atoms with Gasteiger partial charge in [-0.15, -0.1) is 0 Å². The lowest BCUT2D eigenvalue weighted by atomic mass is 10.1. The van der Waals surface area contributed by atoms with Crippen molar-refractivity contribution in [1.82, 2.24) is 10.2 Å². The molecule has 114 valence electrons. The molecule has 1 rings (SSSR count). The van der Waals surface area contributed by atoms with E-state index in [2.05, 4.69) is 43.1 Å². The van der Waals surface area contributed by atoms with E-state index in [-0.39, 0.29) is 5.82 Å². The molecule has 0 amide bonds. The molecular weight excluding hydrogens is 253 g/mol. The first kappa shape index (κ1) is 16.9. The molecule has 0 bridgehead atoms. The van der Waals surface area contributed by atoms with Gasteiger partial charge in [-0.25, -0.2) is 4.39 Å². The molecule has 20 heavy (non-hydrogen) atoms. The average Bonchev–Trinajstić information content (AvgIpc) is 2.35. The first-order valence-electron chi connectivity index (χ1n) is 7.26. The highest BCUT2D eigenvalue weighted by Crippen LogP contribution is 2.22. The second-order valence-electron chi connectivity index (χ2n) is 5.95. The van der Waals surface area contributed by atoms with Crippen LogP contribution in [0.15, 0.2) is 18.2 Å². The van der Waals surface area contributed by atoms with Gasteiger partial charge in [0.1, 0.15) is 5.82 Å². The minimum absolute atomic E-state index is 0.170. The first-order valence-corrected chi connectivity index (χ1v) is 7.26. The largest absolute Gasteiger partial charge is 0.370 e. The number of nitrogens with one attached hydrogen (secondary N) is 1. The van der Waals surface area contributed by atoms with Crippen molar-refractivity contribution in [3.63, 3.8) is 0 Å². The fourth-order valence-electron chi connectivity index (χ4n) is 2.27. The molecule has 0 atom stereocenters. The Morgan fingerprint density at radius 2 is 1.90 bits per heavy atom. The molecule has 1 aromatic rings. The minimum Gasteiger partial charge on any atom is -0.370 e. The van der Waals surface area contributed by atoms with Gasteiger partial charge in [0, 0.05) is 31.9 Å². The Bertz CT molecular complexity index is 405. The Hall–Kier alpha value is -1.13. The summed E-state index contributed by atoms with van der Waals surface area (Å²) >= 11 is 0. The predicted octanol–water partition coefficient (Wildman–Crippen LogP) is 2.57. The highest BCUT2D eigenvalue weighted by molar-refractivity contribution is 5.54. The van der Waals surface area contributed by atoms with E-state index in [1.807, 2.05) is 13.1 Å². The van der Waals surface area contributed by atoms with E-state index < -0.39 is 0 Å². The lowest BCUT2D eigenvalue weighted by molar-refractivity contribution is 0.408. The number of likely N-dealkylation sites (N-methyl/N-ethyl adjacent to an activating group) is 1. The molecule has 1 N–H and O–H groups in total. The second-order valence-corrected chi connectivity index (χ2v) is 5.95. The third-order valence-corrected chi connectivity index (χ3v) is 3.15. The third kappa shape index (κ3) is 5.47. The highest BCUT2D eigenvalue weighted by Gasteiger charge is 2.13. The topological polar surface area (TPSA) is 18.5 Å². The van der Waals surface area contributed by atoms with E-state index in [0.29, 0.717) is 12.5 Å². The Kier molecular flexibility index (Phi) is 6.96. The minimum atomic E-state index is -0.170. The van der Waals surface area contributed by atoms with Gasteiger partial charge in [0.2, 0.25) is 0 Å². The Labute approximate surface area is 122 Å². The van der Waals surface area contributed by atoms with E-state index in [1.54, 1.807) is 12.1 Å². The van der Waals surface area contributed by atoms with Crippen LogP contribution in [0, 0.1) is 11.7 Å². The molecule has 3 nitrogen and oxygen atoms in total. The summed E-state index contributed by atoms with van der Waals surface area (Å²) in [5.41, 5.74) is 2.16. The number of nitrogens with zero attached hydrogens (tertiary/aromatic N) is 2. The maximum Gasteiger partial charge on any atom is 0.123 e. The summed E-state index contributed by atoms with van der Waals surface area (Å²) in [4.78, 5) is 4.53. The van der Waals surface area contributed by atoms with Crippen LogP contribution >= 0.6 is 0 Å². The first-order chi connectivity index (χ1) is 9.43. The summed E-state index contributed by atoms with van der Waals surface area (Å²) in [6, 6.07) is 5.09. The van der Waals surface area contributed by atoms with Crippen LogP contribution in [0.25, 0.3) is 0 Å². The zero-order chi connectivity index (χ0) is 15.1. The Morgan fingerprint density at radius 3 is 2.45 bits per heavy atom.